The number of alkyl halides is 3. The van der Waals surface area contributed by atoms with Crippen LogP contribution in [0, 0.1) is 5.82 Å². The highest BCUT2D eigenvalue weighted by Gasteiger charge is 2.42. The molecule has 6 rings (SSSR count). The third-order valence-electron chi connectivity index (χ3n) is 8.53. The average Bonchev–Trinajstić information content (AvgIpc) is 3.54. The normalized spacial score (nSPS) is 17.3. The number of piperazine rings is 1. The van der Waals surface area contributed by atoms with E-state index in [1.165, 1.54) is 12.3 Å². The Morgan fingerprint density at radius 2 is 1.61 bits per heavy atom. The first kappa shape index (κ1) is 31.3. The predicted molar refractivity (Wildman–Crippen MR) is 163 cm³/mol. The highest BCUT2D eigenvalue weighted by atomic mass is 19.4. The summed E-state index contributed by atoms with van der Waals surface area (Å²) in [4.78, 5) is 39.4. The SMILES string of the molecule is O=C(Cc1ccc(N2CCN(C(=O)Cc3ccccc3F)CC2)nc1)c1oc(N2CCC[C@@H](c3ccccc3)C2)nc1C(F)(F)F. The summed E-state index contributed by atoms with van der Waals surface area (Å²) in [7, 11) is 0. The second-order valence-corrected chi connectivity index (χ2v) is 11.6. The molecular formula is C34H33F4N5O3. The maximum Gasteiger partial charge on any atom is 0.437 e. The minimum atomic E-state index is -4.86. The second kappa shape index (κ2) is 13.3. The van der Waals surface area contributed by atoms with E-state index in [1.54, 1.807) is 40.1 Å². The summed E-state index contributed by atoms with van der Waals surface area (Å²) in [6, 6.07) is 19.1. The molecule has 2 fully saturated rings. The van der Waals surface area contributed by atoms with Crippen LogP contribution in [0.1, 0.15) is 51.7 Å². The van der Waals surface area contributed by atoms with Gasteiger partial charge < -0.3 is 19.1 Å². The molecule has 1 amide bonds. The minimum Gasteiger partial charge on any atom is -0.420 e. The molecule has 0 saturated carbocycles. The maximum atomic E-state index is 14.0. The Balaban J connectivity index is 1.08. The van der Waals surface area contributed by atoms with Crippen molar-refractivity contribution in [2.45, 2.75) is 37.8 Å². The molecule has 0 radical (unpaired) electrons. The fraction of sp³-hybridized carbons (Fsp3) is 0.353. The molecule has 1 atom stereocenters. The van der Waals surface area contributed by atoms with Gasteiger partial charge in [0.1, 0.15) is 11.6 Å². The van der Waals surface area contributed by atoms with Gasteiger partial charge in [0.2, 0.25) is 17.5 Å². The van der Waals surface area contributed by atoms with Gasteiger partial charge in [0.15, 0.2) is 5.69 Å². The van der Waals surface area contributed by atoms with Crippen molar-refractivity contribution in [1.82, 2.24) is 14.9 Å². The molecule has 2 aromatic carbocycles. The van der Waals surface area contributed by atoms with Crippen molar-refractivity contribution in [3.63, 3.8) is 0 Å². The molecule has 2 saturated heterocycles. The van der Waals surface area contributed by atoms with Crippen molar-refractivity contribution in [3.05, 3.63) is 107 Å². The van der Waals surface area contributed by atoms with Crippen LogP contribution in [0.15, 0.2) is 77.3 Å². The number of rotatable bonds is 8. The van der Waals surface area contributed by atoms with Crippen LogP contribution in [0.3, 0.4) is 0 Å². The Hall–Kier alpha value is -4.74. The lowest BCUT2D eigenvalue weighted by molar-refractivity contribution is -0.141. The molecule has 0 aliphatic carbocycles. The molecule has 2 aromatic heterocycles. The number of halogens is 4. The number of ketones is 1. The number of Topliss-reactive ketones (excluding diaryl/α,β-unsaturated/α-hetero) is 1. The summed E-state index contributed by atoms with van der Waals surface area (Å²) >= 11 is 0. The fourth-order valence-corrected chi connectivity index (χ4v) is 6.05. The highest BCUT2D eigenvalue weighted by Crippen LogP contribution is 2.37. The van der Waals surface area contributed by atoms with E-state index >= 15 is 0 Å². The molecule has 46 heavy (non-hydrogen) atoms. The van der Waals surface area contributed by atoms with Gasteiger partial charge in [-0.3, -0.25) is 9.59 Å². The number of anilines is 2. The van der Waals surface area contributed by atoms with Crippen LogP contribution in [0.25, 0.3) is 0 Å². The van der Waals surface area contributed by atoms with Crippen molar-refractivity contribution >= 4 is 23.5 Å². The number of amides is 1. The number of piperidine rings is 1. The zero-order valence-electron chi connectivity index (χ0n) is 25.0. The molecule has 4 heterocycles. The number of nitrogens with zero attached hydrogens (tertiary/aromatic N) is 5. The lowest BCUT2D eigenvalue weighted by Crippen LogP contribution is -2.49. The minimum absolute atomic E-state index is 0.0113. The molecular weight excluding hydrogens is 602 g/mol. The largest absolute Gasteiger partial charge is 0.437 e. The van der Waals surface area contributed by atoms with Crippen molar-refractivity contribution in [3.8, 4) is 0 Å². The van der Waals surface area contributed by atoms with Gasteiger partial charge in [-0.05, 0) is 41.7 Å². The summed E-state index contributed by atoms with van der Waals surface area (Å²) in [5, 5.41) is 0. The van der Waals surface area contributed by atoms with Gasteiger partial charge in [-0.1, -0.05) is 54.6 Å². The quantitative estimate of drug-likeness (QED) is 0.175. The molecule has 0 N–H and O–H groups in total. The molecule has 0 unspecified atom stereocenters. The summed E-state index contributed by atoms with van der Waals surface area (Å²) in [5.41, 5.74) is 0.563. The zero-order chi connectivity index (χ0) is 32.3. The zero-order valence-corrected chi connectivity index (χ0v) is 25.0. The van der Waals surface area contributed by atoms with E-state index in [9.17, 15) is 27.2 Å². The third-order valence-corrected chi connectivity index (χ3v) is 8.53. The van der Waals surface area contributed by atoms with Crippen LogP contribution < -0.4 is 9.80 Å². The van der Waals surface area contributed by atoms with E-state index in [2.05, 4.69) is 9.97 Å². The van der Waals surface area contributed by atoms with E-state index in [0.717, 1.165) is 18.4 Å². The Morgan fingerprint density at radius 3 is 2.30 bits per heavy atom. The first-order chi connectivity index (χ1) is 22.2. The van der Waals surface area contributed by atoms with Crippen molar-refractivity contribution in [1.29, 1.82) is 0 Å². The molecule has 0 spiro atoms. The van der Waals surface area contributed by atoms with Crippen LogP contribution in [-0.2, 0) is 23.8 Å². The molecule has 4 aromatic rings. The molecule has 8 nitrogen and oxygen atoms in total. The Morgan fingerprint density at radius 1 is 0.870 bits per heavy atom. The summed E-state index contributed by atoms with van der Waals surface area (Å²) in [5.74, 6) is -1.47. The number of hydrogen-bond donors (Lipinski definition) is 0. The number of hydrogen-bond acceptors (Lipinski definition) is 7. The third kappa shape index (κ3) is 7.05. The molecule has 2 aliphatic rings. The van der Waals surface area contributed by atoms with Crippen LogP contribution in [0.4, 0.5) is 29.4 Å². The molecule has 240 valence electrons. The Labute approximate surface area is 263 Å². The van der Waals surface area contributed by atoms with Gasteiger partial charge in [0.25, 0.3) is 6.01 Å². The lowest BCUT2D eigenvalue weighted by atomic mass is 9.91. The smallest absolute Gasteiger partial charge is 0.420 e. The maximum absolute atomic E-state index is 14.0. The van der Waals surface area contributed by atoms with E-state index in [1.807, 2.05) is 35.2 Å². The summed E-state index contributed by atoms with van der Waals surface area (Å²) < 4.78 is 61.5. The number of aromatic nitrogens is 2. The fourth-order valence-electron chi connectivity index (χ4n) is 6.05. The topological polar surface area (TPSA) is 82.8 Å². The van der Waals surface area contributed by atoms with Gasteiger partial charge >= 0.3 is 6.18 Å². The Kier molecular flexibility index (Phi) is 9.05. The number of oxazole rings is 1. The van der Waals surface area contributed by atoms with E-state index in [4.69, 9.17) is 4.42 Å². The van der Waals surface area contributed by atoms with Gasteiger partial charge in [-0.25, -0.2) is 9.37 Å². The van der Waals surface area contributed by atoms with Crippen LogP contribution in [-0.4, -0.2) is 65.8 Å². The second-order valence-electron chi connectivity index (χ2n) is 11.6. The van der Waals surface area contributed by atoms with E-state index in [0.29, 0.717) is 56.2 Å². The average molecular weight is 636 g/mol. The first-order valence-electron chi connectivity index (χ1n) is 15.3. The van der Waals surface area contributed by atoms with Crippen LogP contribution >= 0.6 is 0 Å². The van der Waals surface area contributed by atoms with Gasteiger partial charge in [0, 0.05) is 57.8 Å². The van der Waals surface area contributed by atoms with Crippen LogP contribution in [0.5, 0.6) is 0 Å². The van der Waals surface area contributed by atoms with Gasteiger partial charge in [-0.15, -0.1) is 0 Å². The number of carbonyl (C=O) groups is 2. The molecule has 2 aliphatic heterocycles. The molecule has 0 bridgehead atoms. The highest BCUT2D eigenvalue weighted by molar-refractivity contribution is 5.96. The van der Waals surface area contributed by atoms with Gasteiger partial charge in [0.05, 0.1) is 6.42 Å². The summed E-state index contributed by atoms with van der Waals surface area (Å²) in [6.45, 7) is 2.80. The number of benzene rings is 2. The Bertz CT molecular complexity index is 1670. The number of pyridine rings is 1. The summed E-state index contributed by atoms with van der Waals surface area (Å²) in [6.07, 6.45) is -2.10. The number of carbonyl (C=O) groups excluding carboxylic acids is 2. The predicted octanol–water partition coefficient (Wildman–Crippen LogP) is 5.93. The van der Waals surface area contributed by atoms with E-state index in [-0.39, 0.29) is 30.7 Å². The van der Waals surface area contributed by atoms with Gasteiger partial charge in [-0.2, -0.15) is 18.2 Å². The first-order valence-corrected chi connectivity index (χ1v) is 15.3. The van der Waals surface area contributed by atoms with Crippen molar-refractivity contribution < 1.29 is 31.6 Å². The lowest BCUT2D eigenvalue weighted by Gasteiger charge is -2.35. The molecule has 12 heteroatoms. The van der Waals surface area contributed by atoms with Crippen molar-refractivity contribution in [2.24, 2.45) is 0 Å². The van der Waals surface area contributed by atoms with E-state index < -0.39 is 29.2 Å². The van der Waals surface area contributed by atoms with Crippen LogP contribution in [0.2, 0.25) is 0 Å². The monoisotopic (exact) mass is 635 g/mol. The standard InChI is InChI=1S/C34H33F4N5O3/c35-27-11-5-4-9-25(27)20-30(45)42-17-15-41(16-18-42)29-13-12-23(21-39-29)19-28(44)31-32(34(36,37)38)40-33(46-31)43-14-6-10-26(22-43)24-7-2-1-3-8-24/h1-5,7-9,11-13,21,26H,6,10,14-20,22H2/t26-/m1/s1. The van der Waals surface area contributed by atoms with Crippen molar-refractivity contribution in [2.75, 3.05) is 49.1 Å².